The Morgan fingerprint density at radius 3 is 2.56 bits per heavy atom. The van der Waals surface area contributed by atoms with Crippen LogP contribution in [0.15, 0.2) is 12.4 Å². The molecular formula is C21H33FN6O3S. The maximum absolute atomic E-state index is 14.6. The van der Waals surface area contributed by atoms with Crippen molar-refractivity contribution in [2.24, 2.45) is 5.92 Å². The van der Waals surface area contributed by atoms with Gasteiger partial charge in [-0.15, -0.1) is 0 Å². The monoisotopic (exact) mass is 468 g/mol. The lowest BCUT2D eigenvalue weighted by atomic mass is 9.78. The third-order valence-electron chi connectivity index (χ3n) is 7.06. The lowest BCUT2D eigenvalue weighted by molar-refractivity contribution is -0.0708. The Kier molecular flexibility index (Phi) is 6.12. The van der Waals surface area contributed by atoms with Crippen LogP contribution in [0, 0.1) is 5.92 Å². The molecule has 3 heterocycles. The van der Waals surface area contributed by atoms with E-state index in [1.165, 1.54) is 0 Å². The van der Waals surface area contributed by atoms with Crippen molar-refractivity contribution in [1.82, 2.24) is 25.1 Å². The SMILES string of the molecule is CC(C)OC1CC2C(CC1F)NNC2c1cc(N2CCN(S(=O)(=O)C3CC3)CC2)ncn1. The predicted molar refractivity (Wildman–Crippen MR) is 118 cm³/mol. The van der Waals surface area contributed by atoms with Crippen LogP contribution in [0.25, 0.3) is 0 Å². The maximum Gasteiger partial charge on any atom is 0.217 e. The topological polar surface area (TPSA) is 99.7 Å². The largest absolute Gasteiger partial charge is 0.373 e. The first-order chi connectivity index (χ1) is 15.3. The van der Waals surface area contributed by atoms with Gasteiger partial charge in [0.25, 0.3) is 0 Å². The standard InChI is InChI=1S/C21H33FN6O3S/c1-13(2)31-19-9-15-17(10-16(19)22)25-26-21(15)18-11-20(24-12-23-18)27-5-7-28(8-6-27)32(29,30)14-3-4-14/h11-17,19,21,25-26H,3-10H2,1-2H3. The number of nitrogens with zero attached hydrogens (tertiary/aromatic N) is 4. The van der Waals surface area contributed by atoms with Crippen LogP contribution in [0.5, 0.6) is 0 Å². The summed E-state index contributed by atoms with van der Waals surface area (Å²) in [5.74, 6) is 0.979. The molecule has 1 aromatic heterocycles. The van der Waals surface area contributed by atoms with Gasteiger partial charge in [0.1, 0.15) is 18.3 Å². The van der Waals surface area contributed by atoms with E-state index in [2.05, 4.69) is 25.7 Å². The van der Waals surface area contributed by atoms with Crippen LogP contribution < -0.4 is 15.8 Å². The Labute approximate surface area is 189 Å². The van der Waals surface area contributed by atoms with Crippen molar-refractivity contribution < 1.29 is 17.5 Å². The Morgan fingerprint density at radius 1 is 1.12 bits per heavy atom. The number of hydrazine groups is 1. The molecule has 2 saturated carbocycles. The maximum atomic E-state index is 14.6. The van der Waals surface area contributed by atoms with Crippen molar-refractivity contribution in [3.8, 4) is 0 Å². The zero-order chi connectivity index (χ0) is 22.5. The summed E-state index contributed by atoms with van der Waals surface area (Å²) >= 11 is 0. The summed E-state index contributed by atoms with van der Waals surface area (Å²) in [6.45, 7) is 6.06. The van der Waals surface area contributed by atoms with Crippen LogP contribution in [0.4, 0.5) is 10.2 Å². The highest BCUT2D eigenvalue weighted by Gasteiger charge is 2.46. The molecule has 2 N–H and O–H groups in total. The first kappa shape index (κ1) is 22.4. The molecule has 4 fully saturated rings. The Balaban J connectivity index is 1.26. The lowest BCUT2D eigenvalue weighted by Gasteiger charge is -2.36. The first-order valence-corrected chi connectivity index (χ1v) is 13.2. The van der Waals surface area contributed by atoms with E-state index >= 15 is 0 Å². The number of hydrogen-bond donors (Lipinski definition) is 2. The Bertz CT molecular complexity index is 922. The van der Waals surface area contributed by atoms with Gasteiger partial charge < -0.3 is 9.64 Å². The second-order valence-corrected chi connectivity index (χ2v) is 11.9. The van der Waals surface area contributed by atoms with Crippen LogP contribution in [0.3, 0.4) is 0 Å². The highest BCUT2D eigenvalue weighted by atomic mass is 32.2. The number of fused-ring (bicyclic) bond motifs is 1. The normalized spacial score (nSPS) is 34.1. The number of hydrogen-bond acceptors (Lipinski definition) is 8. The molecule has 0 spiro atoms. The molecule has 178 valence electrons. The molecule has 0 amide bonds. The second kappa shape index (κ2) is 8.75. The summed E-state index contributed by atoms with van der Waals surface area (Å²) < 4.78 is 47.1. The summed E-state index contributed by atoms with van der Waals surface area (Å²) in [7, 11) is -3.13. The van der Waals surface area contributed by atoms with E-state index in [-0.39, 0.29) is 29.4 Å². The minimum absolute atomic E-state index is 0.0105. The van der Waals surface area contributed by atoms with E-state index < -0.39 is 22.3 Å². The van der Waals surface area contributed by atoms with E-state index in [1.54, 1.807) is 10.6 Å². The molecule has 5 atom stereocenters. The average molecular weight is 469 g/mol. The Morgan fingerprint density at radius 2 is 1.88 bits per heavy atom. The predicted octanol–water partition coefficient (Wildman–Crippen LogP) is 1.15. The van der Waals surface area contributed by atoms with Crippen molar-refractivity contribution in [2.75, 3.05) is 31.1 Å². The third-order valence-corrected chi connectivity index (χ3v) is 9.46. The van der Waals surface area contributed by atoms with Gasteiger partial charge in [0.05, 0.1) is 29.2 Å². The zero-order valence-electron chi connectivity index (χ0n) is 18.7. The zero-order valence-corrected chi connectivity index (χ0v) is 19.5. The minimum atomic E-state index is -3.13. The van der Waals surface area contributed by atoms with E-state index in [0.29, 0.717) is 39.0 Å². The summed E-state index contributed by atoms with van der Waals surface area (Å²) in [6.07, 6.45) is 2.80. The molecule has 0 radical (unpaired) electrons. The Hall–Kier alpha value is -1.40. The lowest BCUT2D eigenvalue weighted by Crippen LogP contribution is -2.49. The van der Waals surface area contributed by atoms with E-state index in [0.717, 1.165) is 24.4 Å². The molecule has 4 aliphatic rings. The number of aromatic nitrogens is 2. The molecule has 5 unspecified atom stereocenters. The van der Waals surface area contributed by atoms with Crippen LogP contribution in [-0.2, 0) is 14.8 Å². The first-order valence-electron chi connectivity index (χ1n) is 11.7. The van der Waals surface area contributed by atoms with Gasteiger partial charge in [-0.05, 0) is 39.5 Å². The van der Waals surface area contributed by atoms with Crippen LogP contribution >= 0.6 is 0 Å². The summed E-state index contributed by atoms with van der Waals surface area (Å²) in [6, 6.07) is 1.97. The van der Waals surface area contributed by atoms with Gasteiger partial charge in [-0.3, -0.25) is 5.43 Å². The number of piperazine rings is 1. The van der Waals surface area contributed by atoms with Gasteiger partial charge in [0, 0.05) is 44.2 Å². The van der Waals surface area contributed by atoms with Gasteiger partial charge >= 0.3 is 0 Å². The van der Waals surface area contributed by atoms with Crippen LogP contribution in [0.2, 0.25) is 0 Å². The molecule has 5 rings (SSSR count). The van der Waals surface area contributed by atoms with Crippen LogP contribution in [0.1, 0.15) is 51.3 Å². The van der Waals surface area contributed by atoms with Crippen molar-refractivity contribution >= 4 is 15.8 Å². The van der Waals surface area contributed by atoms with Gasteiger partial charge in [0.2, 0.25) is 10.0 Å². The van der Waals surface area contributed by atoms with Gasteiger partial charge in [-0.25, -0.2) is 28.2 Å². The summed E-state index contributed by atoms with van der Waals surface area (Å²) in [5.41, 5.74) is 7.44. The van der Waals surface area contributed by atoms with Crippen molar-refractivity contribution in [3.05, 3.63) is 18.1 Å². The number of anilines is 1. The third kappa shape index (κ3) is 4.37. The molecular weight excluding hydrogens is 435 g/mol. The van der Waals surface area contributed by atoms with E-state index in [9.17, 15) is 12.8 Å². The molecule has 0 aromatic carbocycles. The molecule has 32 heavy (non-hydrogen) atoms. The number of ether oxygens (including phenoxy) is 1. The van der Waals surface area contributed by atoms with Crippen molar-refractivity contribution in [2.45, 2.75) is 75.2 Å². The van der Waals surface area contributed by atoms with Crippen LogP contribution in [-0.4, -0.2) is 78.5 Å². The summed E-state index contributed by atoms with van der Waals surface area (Å²) in [4.78, 5) is 11.1. The molecule has 2 saturated heterocycles. The fourth-order valence-electron chi connectivity index (χ4n) is 5.22. The van der Waals surface area contributed by atoms with Crippen molar-refractivity contribution in [1.29, 1.82) is 0 Å². The highest BCUT2D eigenvalue weighted by molar-refractivity contribution is 7.90. The number of sulfonamides is 1. The van der Waals surface area contributed by atoms with Gasteiger partial charge in [-0.1, -0.05) is 0 Å². The molecule has 9 nitrogen and oxygen atoms in total. The highest BCUT2D eigenvalue weighted by Crippen LogP contribution is 2.40. The number of nitrogens with one attached hydrogen (secondary N) is 2. The fraction of sp³-hybridized carbons (Fsp3) is 0.810. The quantitative estimate of drug-likeness (QED) is 0.642. The second-order valence-electron chi connectivity index (χ2n) is 9.68. The van der Waals surface area contributed by atoms with E-state index in [4.69, 9.17) is 4.74 Å². The van der Waals surface area contributed by atoms with Crippen molar-refractivity contribution in [3.63, 3.8) is 0 Å². The fourth-order valence-corrected chi connectivity index (χ4v) is 7.05. The number of alkyl halides is 1. The van der Waals surface area contributed by atoms with E-state index in [1.807, 2.05) is 19.9 Å². The van der Waals surface area contributed by atoms with Gasteiger partial charge in [-0.2, -0.15) is 4.31 Å². The smallest absolute Gasteiger partial charge is 0.217 e. The average Bonchev–Trinajstić information content (AvgIpc) is 3.56. The molecule has 1 aromatic rings. The summed E-state index contributed by atoms with van der Waals surface area (Å²) in [5, 5.41) is -0.170. The molecule has 2 aliphatic carbocycles. The van der Waals surface area contributed by atoms with Gasteiger partial charge in [0.15, 0.2) is 0 Å². The number of rotatable bonds is 6. The number of halogens is 1. The minimum Gasteiger partial charge on any atom is -0.373 e. The molecule has 0 bridgehead atoms. The molecule has 11 heteroatoms. The molecule has 2 aliphatic heterocycles.